The summed E-state index contributed by atoms with van der Waals surface area (Å²) in [6.07, 6.45) is 4.56. The van der Waals surface area contributed by atoms with E-state index in [1.807, 2.05) is 18.5 Å². The van der Waals surface area contributed by atoms with Crippen molar-refractivity contribution < 1.29 is 0 Å². The molecule has 0 aliphatic rings. The van der Waals surface area contributed by atoms with Crippen LogP contribution in [0.25, 0.3) is 11.2 Å². The summed E-state index contributed by atoms with van der Waals surface area (Å²) in [6.45, 7) is 7.93. The smallest absolute Gasteiger partial charge is 0.225 e. The normalized spacial score (nSPS) is 11.3. The van der Waals surface area contributed by atoms with Gasteiger partial charge in [0.1, 0.15) is 5.52 Å². The highest BCUT2D eigenvalue weighted by Gasteiger charge is 2.11. The maximum absolute atomic E-state index is 4.59. The molecule has 0 aliphatic heterocycles. The van der Waals surface area contributed by atoms with Crippen LogP contribution in [0.15, 0.2) is 12.5 Å². The van der Waals surface area contributed by atoms with Crippen molar-refractivity contribution >= 4 is 17.1 Å². The summed E-state index contributed by atoms with van der Waals surface area (Å²) in [5.41, 5.74) is 5.10. The van der Waals surface area contributed by atoms with Crippen LogP contribution >= 0.6 is 0 Å². The van der Waals surface area contributed by atoms with Gasteiger partial charge in [-0.2, -0.15) is 10.1 Å². The second-order valence-electron chi connectivity index (χ2n) is 5.48. The first-order valence-corrected chi connectivity index (χ1v) is 7.51. The van der Waals surface area contributed by atoms with Gasteiger partial charge in [0.05, 0.1) is 18.2 Å². The highest BCUT2D eigenvalue weighted by Crippen LogP contribution is 2.16. The highest BCUT2D eigenvalue weighted by molar-refractivity contribution is 5.70. The van der Waals surface area contributed by atoms with Crippen LogP contribution in [0.2, 0.25) is 0 Å². The summed E-state index contributed by atoms with van der Waals surface area (Å²) in [5.74, 6) is 0.609. The van der Waals surface area contributed by atoms with Crippen LogP contribution < -0.4 is 5.32 Å². The Kier molecular flexibility index (Phi) is 3.79. The number of nitrogens with zero attached hydrogens (tertiary/aromatic N) is 6. The first-order chi connectivity index (χ1) is 10.6. The van der Waals surface area contributed by atoms with Gasteiger partial charge in [-0.25, -0.2) is 9.97 Å². The summed E-state index contributed by atoms with van der Waals surface area (Å²) in [5, 5.41) is 7.88. The molecule has 3 rings (SSSR count). The van der Waals surface area contributed by atoms with Gasteiger partial charge in [-0.1, -0.05) is 6.92 Å². The molecule has 7 heteroatoms. The minimum absolute atomic E-state index is 0.609. The summed E-state index contributed by atoms with van der Waals surface area (Å²) in [6, 6.07) is 0. The maximum atomic E-state index is 4.59. The molecule has 116 valence electrons. The van der Waals surface area contributed by atoms with Gasteiger partial charge in [0, 0.05) is 31.4 Å². The molecule has 0 saturated heterocycles. The van der Waals surface area contributed by atoms with Crippen LogP contribution in [0.4, 0.5) is 5.95 Å². The van der Waals surface area contributed by atoms with Gasteiger partial charge in [-0.05, 0) is 20.3 Å². The Morgan fingerprint density at radius 2 is 2.05 bits per heavy atom. The third kappa shape index (κ3) is 2.54. The van der Waals surface area contributed by atoms with Gasteiger partial charge < -0.3 is 9.88 Å². The quantitative estimate of drug-likeness (QED) is 0.782. The van der Waals surface area contributed by atoms with E-state index in [-0.39, 0.29) is 0 Å². The van der Waals surface area contributed by atoms with Gasteiger partial charge in [-0.3, -0.25) is 4.68 Å². The summed E-state index contributed by atoms with van der Waals surface area (Å²) in [7, 11) is 1.93. The topological polar surface area (TPSA) is 73.5 Å². The zero-order valence-electron chi connectivity index (χ0n) is 13.5. The predicted molar refractivity (Wildman–Crippen MR) is 85.6 cm³/mol. The molecule has 0 saturated carbocycles. The molecule has 0 spiro atoms. The van der Waals surface area contributed by atoms with Crippen molar-refractivity contribution in [1.29, 1.82) is 0 Å². The molecule has 0 unspecified atom stereocenters. The Morgan fingerprint density at radius 3 is 2.82 bits per heavy atom. The Bertz CT molecular complexity index is 800. The van der Waals surface area contributed by atoms with Crippen LogP contribution in [0.3, 0.4) is 0 Å². The molecule has 0 bridgehead atoms. The molecule has 3 heterocycles. The Morgan fingerprint density at radius 1 is 1.23 bits per heavy atom. The number of aryl methyl sites for hydroxylation is 3. The van der Waals surface area contributed by atoms with E-state index >= 15 is 0 Å². The SMILES string of the molecule is CCCn1nc(C)c(CNc2ncc3ncn(C)c3n2)c1C. The molecule has 1 N–H and O–H groups in total. The van der Waals surface area contributed by atoms with Gasteiger partial charge in [0.2, 0.25) is 5.95 Å². The third-order valence-electron chi connectivity index (χ3n) is 3.84. The maximum Gasteiger partial charge on any atom is 0.225 e. The number of nitrogens with one attached hydrogen (secondary N) is 1. The largest absolute Gasteiger partial charge is 0.350 e. The number of rotatable bonds is 5. The predicted octanol–water partition coefficient (Wildman–Crippen LogP) is 2.20. The van der Waals surface area contributed by atoms with E-state index in [0.29, 0.717) is 12.5 Å². The Hall–Kier alpha value is -2.44. The standard InChI is InChI=1S/C15H21N7/c1-5-6-22-11(3)12(10(2)20-22)7-16-15-17-8-13-14(19-15)21(4)9-18-13/h8-9H,5-7H2,1-4H3,(H,16,17,19). The minimum Gasteiger partial charge on any atom is -0.350 e. The first-order valence-electron chi connectivity index (χ1n) is 7.51. The fourth-order valence-corrected chi connectivity index (χ4v) is 2.59. The Labute approximate surface area is 129 Å². The fourth-order valence-electron chi connectivity index (χ4n) is 2.59. The van der Waals surface area contributed by atoms with Crippen molar-refractivity contribution in [1.82, 2.24) is 29.3 Å². The van der Waals surface area contributed by atoms with Gasteiger partial charge in [-0.15, -0.1) is 0 Å². The lowest BCUT2D eigenvalue weighted by atomic mass is 10.2. The van der Waals surface area contributed by atoms with E-state index in [1.54, 1.807) is 12.5 Å². The summed E-state index contributed by atoms with van der Waals surface area (Å²) < 4.78 is 3.95. The lowest BCUT2D eigenvalue weighted by Crippen LogP contribution is -2.06. The average molecular weight is 299 g/mol. The molecule has 0 atom stereocenters. The molecule has 0 amide bonds. The van der Waals surface area contributed by atoms with E-state index in [4.69, 9.17) is 0 Å². The van der Waals surface area contributed by atoms with Crippen molar-refractivity contribution in [2.45, 2.75) is 40.3 Å². The van der Waals surface area contributed by atoms with Crippen LogP contribution in [-0.2, 0) is 20.1 Å². The van der Waals surface area contributed by atoms with Crippen molar-refractivity contribution in [3.05, 3.63) is 29.5 Å². The molecule has 3 aromatic heterocycles. The molecule has 0 aromatic carbocycles. The molecule has 0 radical (unpaired) electrons. The molecular formula is C15H21N7. The zero-order valence-corrected chi connectivity index (χ0v) is 13.5. The number of fused-ring (bicyclic) bond motifs is 1. The number of hydrogen-bond donors (Lipinski definition) is 1. The van der Waals surface area contributed by atoms with E-state index < -0.39 is 0 Å². The molecule has 22 heavy (non-hydrogen) atoms. The average Bonchev–Trinajstić information content (AvgIpc) is 2.99. The van der Waals surface area contributed by atoms with Crippen LogP contribution in [0.5, 0.6) is 0 Å². The molecule has 0 fully saturated rings. The lowest BCUT2D eigenvalue weighted by molar-refractivity contribution is 0.582. The second-order valence-corrected chi connectivity index (χ2v) is 5.48. The number of imidazole rings is 1. The Balaban J connectivity index is 1.80. The fraction of sp³-hybridized carbons (Fsp3) is 0.467. The molecular weight excluding hydrogens is 278 g/mol. The van der Waals surface area contributed by atoms with E-state index in [0.717, 1.165) is 29.8 Å². The van der Waals surface area contributed by atoms with Crippen molar-refractivity contribution in [2.75, 3.05) is 5.32 Å². The van der Waals surface area contributed by atoms with E-state index in [1.165, 1.54) is 11.3 Å². The van der Waals surface area contributed by atoms with Gasteiger partial charge in [0.15, 0.2) is 5.65 Å². The number of aromatic nitrogens is 6. The molecule has 3 aromatic rings. The summed E-state index contributed by atoms with van der Waals surface area (Å²) in [4.78, 5) is 13.0. The monoisotopic (exact) mass is 299 g/mol. The summed E-state index contributed by atoms with van der Waals surface area (Å²) >= 11 is 0. The molecule has 7 nitrogen and oxygen atoms in total. The zero-order chi connectivity index (χ0) is 15.7. The van der Waals surface area contributed by atoms with Crippen LogP contribution in [-0.4, -0.2) is 29.3 Å². The van der Waals surface area contributed by atoms with Crippen molar-refractivity contribution in [3.8, 4) is 0 Å². The van der Waals surface area contributed by atoms with Crippen LogP contribution in [0.1, 0.15) is 30.3 Å². The highest BCUT2D eigenvalue weighted by atomic mass is 15.3. The van der Waals surface area contributed by atoms with Gasteiger partial charge >= 0.3 is 0 Å². The third-order valence-corrected chi connectivity index (χ3v) is 3.84. The number of anilines is 1. The van der Waals surface area contributed by atoms with Crippen LogP contribution in [0, 0.1) is 13.8 Å². The minimum atomic E-state index is 0.609. The van der Waals surface area contributed by atoms with Gasteiger partial charge in [0.25, 0.3) is 0 Å². The van der Waals surface area contributed by atoms with Crippen molar-refractivity contribution in [3.63, 3.8) is 0 Å². The molecule has 0 aliphatic carbocycles. The second kappa shape index (κ2) is 5.75. The lowest BCUT2D eigenvalue weighted by Gasteiger charge is -2.06. The first kappa shape index (κ1) is 14.5. The van der Waals surface area contributed by atoms with Crippen molar-refractivity contribution in [2.24, 2.45) is 7.05 Å². The van der Waals surface area contributed by atoms with E-state index in [9.17, 15) is 0 Å². The van der Waals surface area contributed by atoms with E-state index in [2.05, 4.69) is 43.9 Å². The number of hydrogen-bond acceptors (Lipinski definition) is 5.